The second-order valence-electron chi connectivity index (χ2n) is 9.26. The highest BCUT2D eigenvalue weighted by molar-refractivity contribution is 6.03. The van der Waals surface area contributed by atoms with Gasteiger partial charge in [-0.2, -0.15) is 5.10 Å². The van der Waals surface area contributed by atoms with E-state index in [-0.39, 0.29) is 35.0 Å². The summed E-state index contributed by atoms with van der Waals surface area (Å²) in [5, 5.41) is 8.59. The molecule has 0 aromatic carbocycles. The number of anilines is 1. The van der Waals surface area contributed by atoms with Gasteiger partial charge in [-0.1, -0.05) is 25.9 Å². The number of carbonyl (C=O) groups excluding carboxylic acids is 2. The molecule has 176 valence electrons. The number of nitrogen functional groups attached to an aromatic ring is 1. The highest BCUT2D eigenvalue weighted by Gasteiger charge is 2.26. The van der Waals surface area contributed by atoms with Crippen molar-refractivity contribution >= 4 is 17.5 Å². The van der Waals surface area contributed by atoms with Crippen molar-refractivity contribution in [1.29, 1.82) is 0 Å². The fraction of sp³-hybridized carbons (Fsp3) is 0.458. The van der Waals surface area contributed by atoms with Crippen LogP contribution >= 0.6 is 0 Å². The van der Waals surface area contributed by atoms with Crippen LogP contribution in [-0.4, -0.2) is 31.6 Å². The number of nitrogens with two attached hydrogens (primary N) is 2. The topological polar surface area (TPSA) is 143 Å². The lowest BCUT2D eigenvalue weighted by Crippen LogP contribution is -2.16. The van der Waals surface area contributed by atoms with Crippen LogP contribution in [-0.2, 0) is 16.6 Å². The van der Waals surface area contributed by atoms with Crippen molar-refractivity contribution < 1.29 is 14.1 Å². The van der Waals surface area contributed by atoms with Crippen LogP contribution in [0.4, 0.5) is 5.82 Å². The molecule has 33 heavy (non-hydrogen) atoms. The van der Waals surface area contributed by atoms with E-state index in [9.17, 15) is 9.59 Å². The van der Waals surface area contributed by atoms with Gasteiger partial charge in [-0.15, -0.1) is 0 Å². The lowest BCUT2D eigenvalue weighted by atomic mass is 9.86. The Morgan fingerprint density at radius 1 is 1.21 bits per heavy atom. The van der Waals surface area contributed by atoms with Crippen LogP contribution in [0.3, 0.4) is 0 Å². The summed E-state index contributed by atoms with van der Waals surface area (Å²) >= 11 is 0. The number of aromatic nitrogens is 4. The smallest absolute Gasteiger partial charge is 0.254 e. The van der Waals surface area contributed by atoms with Crippen molar-refractivity contribution in [1.82, 2.24) is 19.9 Å². The first kappa shape index (κ1) is 24.2. The fourth-order valence-corrected chi connectivity index (χ4v) is 3.47. The second-order valence-corrected chi connectivity index (χ2v) is 9.26. The predicted octanol–water partition coefficient (Wildman–Crippen LogP) is 3.80. The fourth-order valence-electron chi connectivity index (χ4n) is 3.47. The lowest BCUT2D eigenvalue weighted by Gasteiger charge is -2.18. The summed E-state index contributed by atoms with van der Waals surface area (Å²) in [5.74, 6) is -0.364. The summed E-state index contributed by atoms with van der Waals surface area (Å²) in [4.78, 5) is 29.3. The Morgan fingerprint density at radius 3 is 2.45 bits per heavy atom. The minimum atomic E-state index is -0.653. The summed E-state index contributed by atoms with van der Waals surface area (Å²) in [6.45, 7) is 11.9. The monoisotopic (exact) mass is 452 g/mol. The minimum absolute atomic E-state index is 0.0293. The van der Waals surface area contributed by atoms with Gasteiger partial charge in [0.2, 0.25) is 0 Å². The molecule has 1 atom stereocenters. The Hall–Kier alpha value is -3.49. The van der Waals surface area contributed by atoms with Gasteiger partial charge in [-0.3, -0.25) is 14.6 Å². The third-order valence-electron chi connectivity index (χ3n) is 6.15. The molecule has 1 amide bonds. The van der Waals surface area contributed by atoms with Gasteiger partial charge >= 0.3 is 0 Å². The normalized spacial score (nSPS) is 12.8. The van der Waals surface area contributed by atoms with E-state index in [1.165, 1.54) is 0 Å². The Labute approximate surface area is 193 Å². The molecule has 3 aromatic heterocycles. The maximum Gasteiger partial charge on any atom is 0.254 e. The lowest BCUT2D eigenvalue weighted by molar-refractivity contribution is -0.119. The Balaban J connectivity index is 1.80. The summed E-state index contributed by atoms with van der Waals surface area (Å²) in [6, 6.07) is 5.33. The molecule has 4 N–H and O–H groups in total. The van der Waals surface area contributed by atoms with E-state index >= 15 is 0 Å². The Kier molecular flexibility index (Phi) is 6.71. The maximum atomic E-state index is 12.8. The van der Waals surface area contributed by atoms with E-state index in [0.29, 0.717) is 22.7 Å². The quantitative estimate of drug-likeness (QED) is 0.502. The highest BCUT2D eigenvalue weighted by atomic mass is 16.5. The predicted molar refractivity (Wildman–Crippen MR) is 126 cm³/mol. The molecule has 9 heteroatoms. The van der Waals surface area contributed by atoms with Gasteiger partial charge in [0, 0.05) is 29.3 Å². The molecule has 0 saturated heterocycles. The van der Waals surface area contributed by atoms with Gasteiger partial charge < -0.3 is 16.0 Å². The molecule has 0 aliphatic carbocycles. The molecular weight excluding hydrogens is 420 g/mol. The Bertz CT molecular complexity index is 1160. The molecule has 0 spiro atoms. The van der Waals surface area contributed by atoms with Gasteiger partial charge in [0.25, 0.3) is 5.91 Å². The van der Waals surface area contributed by atoms with E-state index in [1.807, 2.05) is 19.9 Å². The average Bonchev–Trinajstić information content (AvgIpc) is 3.38. The summed E-state index contributed by atoms with van der Waals surface area (Å²) < 4.78 is 6.95. The molecule has 9 nitrogen and oxygen atoms in total. The molecule has 0 aliphatic heterocycles. The molecule has 0 fully saturated rings. The number of Topliss-reactive ketones (excluding diaryl/α,β-unsaturated/α-hetero) is 1. The van der Waals surface area contributed by atoms with Crippen molar-refractivity contribution in [2.24, 2.45) is 5.73 Å². The van der Waals surface area contributed by atoms with Gasteiger partial charge in [-0.25, -0.2) is 4.68 Å². The molecule has 0 radical (unpaired) electrons. The SMILES string of the molecule is CCC(C)(C)c1cc(CC(=O)C(C)c2ccc(-c3nn(C(C)C)c(N)c3C(N)=O)cn2)on1. The van der Waals surface area contributed by atoms with E-state index in [2.05, 4.69) is 36.0 Å². The van der Waals surface area contributed by atoms with Crippen LogP contribution in [0.5, 0.6) is 0 Å². The van der Waals surface area contributed by atoms with Crippen molar-refractivity contribution in [3.63, 3.8) is 0 Å². The van der Waals surface area contributed by atoms with Crippen LogP contribution < -0.4 is 11.5 Å². The number of ketones is 1. The summed E-state index contributed by atoms with van der Waals surface area (Å²) in [7, 11) is 0. The standard InChI is InChI=1S/C24H32N6O3/c1-7-24(5,6)19-11-16(33-29-19)10-18(31)14(4)17-9-8-15(12-27-17)21-20(23(26)32)22(25)30(28-21)13(2)3/h8-9,11-14H,7,10,25H2,1-6H3,(H2,26,32). The molecule has 0 saturated carbocycles. The van der Waals surface area contributed by atoms with Crippen molar-refractivity contribution in [3.05, 3.63) is 47.1 Å². The van der Waals surface area contributed by atoms with Gasteiger partial charge in [-0.05, 0) is 39.3 Å². The van der Waals surface area contributed by atoms with Crippen LogP contribution in [0, 0.1) is 0 Å². The molecule has 0 aliphatic rings. The minimum Gasteiger partial charge on any atom is -0.383 e. The summed E-state index contributed by atoms with van der Waals surface area (Å²) in [6.07, 6.45) is 2.63. The van der Waals surface area contributed by atoms with Crippen molar-refractivity contribution in [2.45, 2.75) is 71.8 Å². The van der Waals surface area contributed by atoms with Gasteiger partial charge in [0.1, 0.15) is 28.6 Å². The zero-order chi connectivity index (χ0) is 24.5. The zero-order valence-electron chi connectivity index (χ0n) is 20.0. The Morgan fingerprint density at radius 2 is 1.91 bits per heavy atom. The number of primary amides is 1. The van der Waals surface area contributed by atoms with E-state index in [0.717, 1.165) is 12.1 Å². The molecule has 3 aromatic rings. The van der Waals surface area contributed by atoms with Crippen molar-refractivity contribution in [2.75, 3.05) is 5.73 Å². The highest BCUT2D eigenvalue weighted by Crippen LogP contribution is 2.30. The average molecular weight is 453 g/mol. The van der Waals surface area contributed by atoms with Crippen LogP contribution in [0.25, 0.3) is 11.3 Å². The molecule has 1 unspecified atom stereocenters. The van der Waals surface area contributed by atoms with Crippen LogP contribution in [0.1, 0.15) is 87.4 Å². The van der Waals surface area contributed by atoms with E-state index in [1.54, 1.807) is 29.9 Å². The molecule has 3 heterocycles. The number of nitrogens with zero attached hydrogens (tertiary/aromatic N) is 4. The van der Waals surface area contributed by atoms with Gasteiger partial charge in [0.05, 0.1) is 23.7 Å². The first-order chi connectivity index (χ1) is 15.5. The van der Waals surface area contributed by atoms with Gasteiger partial charge in [0.15, 0.2) is 0 Å². The first-order valence-corrected chi connectivity index (χ1v) is 11.1. The molecule has 3 rings (SSSR count). The third kappa shape index (κ3) is 4.81. The molecule has 0 bridgehead atoms. The zero-order valence-corrected chi connectivity index (χ0v) is 20.0. The number of rotatable bonds is 9. The number of carbonyl (C=O) groups is 2. The van der Waals surface area contributed by atoms with E-state index in [4.69, 9.17) is 16.0 Å². The second kappa shape index (κ2) is 9.17. The van der Waals surface area contributed by atoms with E-state index < -0.39 is 11.8 Å². The largest absolute Gasteiger partial charge is 0.383 e. The summed E-state index contributed by atoms with van der Waals surface area (Å²) in [5.41, 5.74) is 14.1. The third-order valence-corrected chi connectivity index (χ3v) is 6.15. The molecular formula is C24H32N6O3. The number of amides is 1. The first-order valence-electron chi connectivity index (χ1n) is 11.1. The maximum absolute atomic E-state index is 12.8. The van der Waals surface area contributed by atoms with Crippen LogP contribution in [0.2, 0.25) is 0 Å². The number of pyridine rings is 1. The van der Waals surface area contributed by atoms with Crippen molar-refractivity contribution in [3.8, 4) is 11.3 Å². The number of hydrogen-bond donors (Lipinski definition) is 2. The number of hydrogen-bond acceptors (Lipinski definition) is 7. The van der Waals surface area contributed by atoms with Crippen LogP contribution in [0.15, 0.2) is 28.9 Å².